The molecule has 0 atom stereocenters. The fourth-order valence-electron chi connectivity index (χ4n) is 1.55. The minimum absolute atomic E-state index is 0.0712. The molecule has 88 valence electrons. The molecular formula is C12H9Cl2NO2. The van der Waals surface area contributed by atoms with Crippen LogP contribution in [0.25, 0.3) is 0 Å². The molecule has 1 aromatic carbocycles. The third-order valence-corrected chi connectivity index (χ3v) is 3.07. The quantitative estimate of drug-likeness (QED) is 0.829. The van der Waals surface area contributed by atoms with Crippen molar-refractivity contribution in [2.75, 3.05) is 0 Å². The maximum atomic E-state index is 11.4. The minimum Gasteiger partial charge on any atom is -0.511 e. The van der Waals surface area contributed by atoms with Crippen LogP contribution in [0, 0.1) is 0 Å². The number of para-hydroxylation sites is 1. The molecule has 0 heterocycles. The van der Waals surface area contributed by atoms with Gasteiger partial charge < -0.3 is 5.11 Å². The second-order valence-electron chi connectivity index (χ2n) is 3.61. The number of benzene rings is 1. The molecule has 0 fully saturated rings. The number of aliphatic hydroxyl groups is 1. The van der Waals surface area contributed by atoms with E-state index in [1.807, 2.05) is 0 Å². The van der Waals surface area contributed by atoms with Crippen LogP contribution in [0.1, 0.15) is 12.8 Å². The van der Waals surface area contributed by atoms with Crippen LogP contribution in [0.2, 0.25) is 10.0 Å². The third kappa shape index (κ3) is 2.51. The Morgan fingerprint density at radius 1 is 1.24 bits per heavy atom. The standard InChI is InChI=1S/C12H9Cl2NO2/c13-8-2-1-3-9(14)12(8)15-6-7-10(16)4-5-11(7)17/h1-3,6,16H,4-5H2. The van der Waals surface area contributed by atoms with Gasteiger partial charge in [-0.15, -0.1) is 0 Å². The first-order valence-corrected chi connectivity index (χ1v) is 5.78. The molecule has 1 aromatic rings. The Kier molecular flexibility index (Phi) is 3.50. The number of hydrogen-bond acceptors (Lipinski definition) is 3. The van der Waals surface area contributed by atoms with Crippen LogP contribution in [0.3, 0.4) is 0 Å². The summed E-state index contributed by atoms with van der Waals surface area (Å²) in [6.07, 6.45) is 2.01. The maximum Gasteiger partial charge on any atom is 0.168 e. The van der Waals surface area contributed by atoms with Gasteiger partial charge in [0.15, 0.2) is 5.78 Å². The number of rotatable bonds is 2. The molecule has 3 nitrogen and oxygen atoms in total. The third-order valence-electron chi connectivity index (χ3n) is 2.46. The summed E-state index contributed by atoms with van der Waals surface area (Å²) in [5.74, 6) is -0.0450. The molecule has 2 rings (SSSR count). The van der Waals surface area contributed by atoms with E-state index >= 15 is 0 Å². The lowest BCUT2D eigenvalue weighted by atomic mass is 10.2. The van der Waals surface area contributed by atoms with Crippen molar-refractivity contribution in [3.63, 3.8) is 0 Å². The van der Waals surface area contributed by atoms with Gasteiger partial charge in [0.1, 0.15) is 11.4 Å². The summed E-state index contributed by atoms with van der Waals surface area (Å²) in [6.45, 7) is 0. The Morgan fingerprint density at radius 2 is 1.88 bits per heavy atom. The molecule has 17 heavy (non-hydrogen) atoms. The van der Waals surface area contributed by atoms with Crippen molar-refractivity contribution >= 4 is 40.9 Å². The first-order valence-electron chi connectivity index (χ1n) is 5.03. The van der Waals surface area contributed by atoms with Gasteiger partial charge in [-0.1, -0.05) is 29.3 Å². The van der Waals surface area contributed by atoms with E-state index in [0.29, 0.717) is 28.6 Å². The molecule has 0 spiro atoms. The van der Waals surface area contributed by atoms with Crippen molar-refractivity contribution in [1.82, 2.24) is 0 Å². The van der Waals surface area contributed by atoms with E-state index in [4.69, 9.17) is 23.2 Å². The van der Waals surface area contributed by atoms with Gasteiger partial charge in [0.25, 0.3) is 0 Å². The molecule has 0 aliphatic heterocycles. The molecule has 0 bridgehead atoms. The van der Waals surface area contributed by atoms with Crippen LogP contribution < -0.4 is 0 Å². The average Bonchev–Trinajstić information content (AvgIpc) is 2.59. The van der Waals surface area contributed by atoms with Gasteiger partial charge >= 0.3 is 0 Å². The molecule has 1 N–H and O–H groups in total. The highest BCUT2D eigenvalue weighted by molar-refractivity contribution is 6.39. The highest BCUT2D eigenvalue weighted by Crippen LogP contribution is 2.32. The van der Waals surface area contributed by atoms with Gasteiger partial charge in [0, 0.05) is 19.1 Å². The van der Waals surface area contributed by atoms with Gasteiger partial charge in [0.2, 0.25) is 0 Å². The molecule has 0 saturated heterocycles. The number of allylic oxidation sites excluding steroid dienone is 2. The smallest absolute Gasteiger partial charge is 0.168 e. The SMILES string of the molecule is O=C1CCC(O)=C1C=Nc1c(Cl)cccc1Cl. The van der Waals surface area contributed by atoms with Crippen molar-refractivity contribution in [3.05, 3.63) is 39.6 Å². The van der Waals surface area contributed by atoms with Gasteiger partial charge in [-0.05, 0) is 12.1 Å². The zero-order chi connectivity index (χ0) is 12.4. The van der Waals surface area contributed by atoms with Crippen LogP contribution in [0.15, 0.2) is 34.5 Å². The molecular weight excluding hydrogens is 261 g/mol. The molecule has 1 aliphatic carbocycles. The topological polar surface area (TPSA) is 49.7 Å². The van der Waals surface area contributed by atoms with Crippen LogP contribution >= 0.6 is 23.2 Å². The van der Waals surface area contributed by atoms with E-state index in [-0.39, 0.29) is 17.1 Å². The highest BCUT2D eigenvalue weighted by atomic mass is 35.5. The Morgan fingerprint density at radius 3 is 2.41 bits per heavy atom. The predicted octanol–water partition coefficient (Wildman–Crippen LogP) is 3.87. The van der Waals surface area contributed by atoms with E-state index in [2.05, 4.69) is 4.99 Å². The molecule has 0 amide bonds. The predicted molar refractivity (Wildman–Crippen MR) is 68.5 cm³/mol. The van der Waals surface area contributed by atoms with E-state index < -0.39 is 0 Å². The number of halogens is 2. The maximum absolute atomic E-state index is 11.4. The van der Waals surface area contributed by atoms with E-state index in [1.165, 1.54) is 6.21 Å². The lowest BCUT2D eigenvalue weighted by Gasteiger charge is -2.00. The largest absolute Gasteiger partial charge is 0.511 e. The summed E-state index contributed by atoms with van der Waals surface area (Å²) in [5, 5.41) is 10.3. The van der Waals surface area contributed by atoms with Crippen molar-refractivity contribution < 1.29 is 9.90 Å². The zero-order valence-electron chi connectivity index (χ0n) is 8.78. The molecule has 0 aromatic heterocycles. The number of carbonyl (C=O) groups is 1. The normalized spacial score (nSPS) is 16.2. The van der Waals surface area contributed by atoms with Crippen molar-refractivity contribution in [2.45, 2.75) is 12.8 Å². The molecule has 5 heteroatoms. The Bertz CT molecular complexity index is 515. The number of Topliss-reactive ketones (excluding diaryl/α,β-unsaturated/α-hetero) is 1. The first-order chi connectivity index (χ1) is 8.09. The van der Waals surface area contributed by atoms with E-state index in [1.54, 1.807) is 18.2 Å². The summed E-state index contributed by atoms with van der Waals surface area (Å²) >= 11 is 11.9. The molecule has 1 aliphatic rings. The van der Waals surface area contributed by atoms with Crippen LogP contribution in [-0.2, 0) is 4.79 Å². The summed E-state index contributed by atoms with van der Waals surface area (Å²) < 4.78 is 0. The second kappa shape index (κ2) is 4.90. The van der Waals surface area contributed by atoms with E-state index in [9.17, 15) is 9.90 Å². The van der Waals surface area contributed by atoms with Crippen LogP contribution in [0.4, 0.5) is 5.69 Å². The highest BCUT2D eigenvalue weighted by Gasteiger charge is 2.21. The summed E-state index contributed by atoms with van der Waals surface area (Å²) in [6, 6.07) is 5.02. The van der Waals surface area contributed by atoms with Crippen LogP contribution in [0.5, 0.6) is 0 Å². The second-order valence-corrected chi connectivity index (χ2v) is 4.43. The number of aliphatic imine (C=N–C) groups is 1. The van der Waals surface area contributed by atoms with Gasteiger partial charge in [0.05, 0.1) is 15.6 Å². The van der Waals surface area contributed by atoms with Gasteiger partial charge in [-0.2, -0.15) is 0 Å². The molecule has 0 radical (unpaired) electrons. The minimum atomic E-state index is -0.116. The van der Waals surface area contributed by atoms with Gasteiger partial charge in [-0.25, -0.2) is 0 Å². The number of ketones is 1. The van der Waals surface area contributed by atoms with E-state index in [0.717, 1.165) is 0 Å². The van der Waals surface area contributed by atoms with Crippen LogP contribution in [-0.4, -0.2) is 17.1 Å². The number of aliphatic hydroxyl groups excluding tert-OH is 1. The Balaban J connectivity index is 2.33. The molecule has 0 unspecified atom stereocenters. The summed E-state index contributed by atoms with van der Waals surface area (Å²) in [4.78, 5) is 15.5. The summed E-state index contributed by atoms with van der Waals surface area (Å²) in [5.41, 5.74) is 0.636. The fourth-order valence-corrected chi connectivity index (χ4v) is 2.05. The monoisotopic (exact) mass is 269 g/mol. The summed E-state index contributed by atoms with van der Waals surface area (Å²) in [7, 11) is 0. The number of nitrogens with zero attached hydrogens (tertiary/aromatic N) is 1. The van der Waals surface area contributed by atoms with Gasteiger partial charge in [-0.3, -0.25) is 9.79 Å². The first kappa shape index (κ1) is 12.1. The fraction of sp³-hybridized carbons (Fsp3) is 0.167. The lowest BCUT2D eigenvalue weighted by molar-refractivity contribution is -0.114. The van der Waals surface area contributed by atoms with Crippen molar-refractivity contribution in [1.29, 1.82) is 0 Å². The number of hydrogen-bond donors (Lipinski definition) is 1. The Hall–Kier alpha value is -1.32. The zero-order valence-corrected chi connectivity index (χ0v) is 10.3. The Labute approximate surface area is 108 Å². The number of carbonyl (C=O) groups excluding carboxylic acids is 1. The lowest BCUT2D eigenvalue weighted by Crippen LogP contribution is -1.97. The van der Waals surface area contributed by atoms with Crippen molar-refractivity contribution in [2.24, 2.45) is 4.99 Å². The van der Waals surface area contributed by atoms with Crippen molar-refractivity contribution in [3.8, 4) is 0 Å². The average molecular weight is 270 g/mol. The molecule has 0 saturated carbocycles.